The number of likely N-dealkylation sites (N-methyl/N-ethyl adjacent to an activating group) is 1. The number of nitrogens with zero attached hydrogens (tertiary/aromatic N) is 2. The monoisotopic (exact) mass is 554 g/mol. The number of fused-ring (bicyclic) bond motifs is 1. The zero-order valence-electron chi connectivity index (χ0n) is 24.1. The minimum Gasteiger partial charge on any atom is -0.444 e. The molecule has 6 unspecified atom stereocenters. The Kier molecular flexibility index (Phi) is 10.2. The van der Waals surface area contributed by atoms with E-state index in [4.69, 9.17) is 11.2 Å². The van der Waals surface area contributed by atoms with Crippen LogP contribution in [0.3, 0.4) is 0 Å². The second-order valence-corrected chi connectivity index (χ2v) is 11.5. The Labute approximate surface area is 236 Å². The lowest BCUT2D eigenvalue weighted by Crippen LogP contribution is -2.59. The van der Waals surface area contributed by atoms with Crippen LogP contribution >= 0.6 is 0 Å². The highest BCUT2D eigenvalue weighted by molar-refractivity contribution is 5.95. The maximum atomic E-state index is 13.9. The number of terminal acetylenes is 1. The van der Waals surface area contributed by atoms with Crippen molar-refractivity contribution in [2.75, 3.05) is 13.7 Å². The van der Waals surface area contributed by atoms with Crippen LogP contribution in [0.25, 0.3) is 0 Å². The Hall–Kier alpha value is -3.58. The summed E-state index contributed by atoms with van der Waals surface area (Å²) in [4.78, 5) is 56.2. The molecule has 0 aromatic heterocycles. The largest absolute Gasteiger partial charge is 0.444 e. The molecule has 0 spiro atoms. The second kappa shape index (κ2) is 13.2. The molecule has 2 aliphatic heterocycles. The van der Waals surface area contributed by atoms with E-state index in [1.807, 2.05) is 30.3 Å². The molecule has 2 saturated heterocycles. The average Bonchev–Trinajstić information content (AvgIpc) is 3.29. The Morgan fingerprint density at radius 1 is 1.18 bits per heavy atom. The van der Waals surface area contributed by atoms with Crippen molar-refractivity contribution in [2.24, 2.45) is 5.92 Å². The first-order chi connectivity index (χ1) is 18.9. The van der Waals surface area contributed by atoms with Crippen LogP contribution in [0.5, 0.6) is 0 Å². The zero-order chi connectivity index (χ0) is 29.6. The highest BCUT2D eigenvalue weighted by Gasteiger charge is 2.48. The van der Waals surface area contributed by atoms with Gasteiger partial charge in [0.25, 0.3) is 0 Å². The Balaban J connectivity index is 1.79. The molecule has 10 nitrogen and oxygen atoms in total. The van der Waals surface area contributed by atoms with E-state index in [1.54, 1.807) is 32.6 Å². The molecule has 6 atom stereocenters. The summed E-state index contributed by atoms with van der Waals surface area (Å²) in [6.45, 7) is 6.66. The van der Waals surface area contributed by atoms with Crippen LogP contribution < -0.4 is 10.6 Å². The van der Waals surface area contributed by atoms with Crippen molar-refractivity contribution in [1.29, 1.82) is 0 Å². The molecule has 4 amide bonds. The van der Waals surface area contributed by atoms with Gasteiger partial charge in [0.2, 0.25) is 17.7 Å². The standard InChI is InChI=1S/C30H42N4O6/c1-7-22(19-12-10-9-11-13-19)31-27(37)24-17-16-21-15-14-20(18-35)25(28(38)34(21)24)32-26(36)23(8-2)33(6)29(39)40-30(3,4)5/h1,9-13,20-25,35H,8,14-18H2,2-6H3,(H,31,37)(H,32,36). The number of benzene rings is 1. The minimum absolute atomic E-state index is 0.188. The van der Waals surface area contributed by atoms with Crippen molar-refractivity contribution >= 4 is 23.8 Å². The molecule has 3 N–H and O–H groups in total. The molecule has 10 heteroatoms. The number of amides is 4. The summed E-state index contributed by atoms with van der Waals surface area (Å²) in [5.74, 6) is 0.776. The van der Waals surface area contributed by atoms with Crippen LogP contribution in [0, 0.1) is 18.3 Å². The molecule has 3 rings (SSSR count). The van der Waals surface area contributed by atoms with Crippen molar-refractivity contribution in [3.05, 3.63) is 35.9 Å². The summed E-state index contributed by atoms with van der Waals surface area (Å²) < 4.78 is 5.41. The fraction of sp³-hybridized carbons (Fsp3) is 0.600. The predicted molar refractivity (Wildman–Crippen MR) is 150 cm³/mol. The van der Waals surface area contributed by atoms with E-state index >= 15 is 0 Å². The van der Waals surface area contributed by atoms with Gasteiger partial charge in [0.05, 0.1) is 0 Å². The molecule has 2 fully saturated rings. The number of rotatable bonds is 8. The first kappa shape index (κ1) is 31.0. The van der Waals surface area contributed by atoms with Gasteiger partial charge in [0.15, 0.2) is 0 Å². The van der Waals surface area contributed by atoms with Gasteiger partial charge in [-0.1, -0.05) is 43.2 Å². The van der Waals surface area contributed by atoms with Gasteiger partial charge < -0.3 is 25.4 Å². The molecule has 1 aromatic carbocycles. The van der Waals surface area contributed by atoms with E-state index in [0.29, 0.717) is 25.7 Å². The molecule has 1 aromatic rings. The van der Waals surface area contributed by atoms with E-state index in [2.05, 4.69) is 16.6 Å². The van der Waals surface area contributed by atoms with Gasteiger partial charge in [-0.05, 0) is 58.4 Å². The summed E-state index contributed by atoms with van der Waals surface area (Å²) in [6, 6.07) is 5.66. The molecule has 218 valence electrons. The normalized spacial score (nSPS) is 24.1. The van der Waals surface area contributed by atoms with Crippen molar-refractivity contribution in [3.63, 3.8) is 0 Å². The molecule has 40 heavy (non-hydrogen) atoms. The number of ether oxygens (including phenoxy) is 1. The molecule has 2 heterocycles. The summed E-state index contributed by atoms with van der Waals surface area (Å²) in [7, 11) is 1.48. The summed E-state index contributed by atoms with van der Waals surface area (Å²) in [5.41, 5.74) is 0.0267. The highest BCUT2D eigenvalue weighted by atomic mass is 16.6. The number of aliphatic hydroxyl groups excluding tert-OH is 1. The van der Waals surface area contributed by atoms with Gasteiger partial charge in [0.1, 0.15) is 29.8 Å². The third kappa shape index (κ3) is 7.13. The number of hydrogen-bond donors (Lipinski definition) is 3. The Morgan fingerprint density at radius 3 is 2.40 bits per heavy atom. The van der Waals surface area contributed by atoms with Crippen molar-refractivity contribution < 1.29 is 29.0 Å². The number of nitrogens with one attached hydrogen (secondary N) is 2. The maximum absolute atomic E-state index is 13.9. The lowest BCUT2D eigenvalue weighted by Gasteiger charge is -2.34. The quantitative estimate of drug-likeness (QED) is 0.424. The molecule has 0 radical (unpaired) electrons. The fourth-order valence-electron chi connectivity index (χ4n) is 5.52. The summed E-state index contributed by atoms with van der Waals surface area (Å²) in [5, 5.41) is 15.8. The van der Waals surface area contributed by atoms with Crippen LogP contribution in [0.15, 0.2) is 30.3 Å². The second-order valence-electron chi connectivity index (χ2n) is 11.5. The predicted octanol–water partition coefficient (Wildman–Crippen LogP) is 2.37. The van der Waals surface area contributed by atoms with E-state index < -0.39 is 53.6 Å². The van der Waals surface area contributed by atoms with Crippen LogP contribution in [0.1, 0.15) is 71.4 Å². The SMILES string of the molecule is C#CC(NC(=O)C1CCC2CCC(CO)C(NC(=O)C(CC)N(C)C(=O)OC(C)(C)C)C(=O)N21)c1ccccc1. The lowest BCUT2D eigenvalue weighted by molar-refractivity contribution is -0.144. The van der Waals surface area contributed by atoms with Crippen LogP contribution in [0.4, 0.5) is 4.79 Å². The van der Waals surface area contributed by atoms with Gasteiger partial charge in [-0.25, -0.2) is 4.79 Å². The first-order valence-electron chi connectivity index (χ1n) is 13.9. The van der Waals surface area contributed by atoms with E-state index in [9.17, 15) is 24.3 Å². The van der Waals surface area contributed by atoms with Crippen molar-refractivity contribution in [1.82, 2.24) is 20.4 Å². The van der Waals surface area contributed by atoms with Gasteiger partial charge in [-0.15, -0.1) is 6.42 Å². The summed E-state index contributed by atoms with van der Waals surface area (Å²) in [6.07, 6.45) is 7.54. The average molecular weight is 555 g/mol. The Bertz CT molecular complexity index is 1110. The van der Waals surface area contributed by atoms with Gasteiger partial charge in [-0.3, -0.25) is 19.3 Å². The third-order valence-electron chi connectivity index (χ3n) is 7.62. The molecule has 0 saturated carbocycles. The van der Waals surface area contributed by atoms with Gasteiger partial charge >= 0.3 is 6.09 Å². The van der Waals surface area contributed by atoms with E-state index in [0.717, 1.165) is 5.56 Å². The highest BCUT2D eigenvalue weighted by Crippen LogP contribution is 2.34. The van der Waals surface area contributed by atoms with Gasteiger partial charge in [0, 0.05) is 25.6 Å². The number of carbonyl (C=O) groups is 4. The minimum atomic E-state index is -1.05. The van der Waals surface area contributed by atoms with Crippen LogP contribution in [0.2, 0.25) is 0 Å². The number of hydrogen-bond acceptors (Lipinski definition) is 6. The molecule has 2 aliphatic rings. The van der Waals surface area contributed by atoms with Crippen LogP contribution in [-0.2, 0) is 19.1 Å². The molecular formula is C30H42N4O6. The molecular weight excluding hydrogens is 512 g/mol. The fourth-order valence-corrected chi connectivity index (χ4v) is 5.52. The first-order valence-corrected chi connectivity index (χ1v) is 13.9. The number of carbonyl (C=O) groups excluding carboxylic acids is 4. The van der Waals surface area contributed by atoms with Crippen molar-refractivity contribution in [3.8, 4) is 12.3 Å². The Morgan fingerprint density at radius 2 is 1.82 bits per heavy atom. The third-order valence-corrected chi connectivity index (χ3v) is 7.62. The number of aliphatic hydroxyl groups is 1. The molecule has 0 aliphatic carbocycles. The van der Waals surface area contributed by atoms with E-state index in [-0.39, 0.29) is 25.0 Å². The van der Waals surface area contributed by atoms with Gasteiger partial charge in [-0.2, -0.15) is 0 Å². The van der Waals surface area contributed by atoms with E-state index in [1.165, 1.54) is 11.9 Å². The van der Waals surface area contributed by atoms with Crippen molar-refractivity contribution in [2.45, 2.75) is 95.6 Å². The topological polar surface area (TPSA) is 128 Å². The lowest BCUT2D eigenvalue weighted by atomic mass is 9.93. The molecule has 0 bridgehead atoms. The zero-order valence-corrected chi connectivity index (χ0v) is 24.1. The summed E-state index contributed by atoms with van der Waals surface area (Å²) >= 11 is 0. The maximum Gasteiger partial charge on any atom is 0.410 e. The smallest absolute Gasteiger partial charge is 0.410 e. The van der Waals surface area contributed by atoms with Crippen LogP contribution in [-0.4, -0.2) is 82.1 Å².